The quantitative estimate of drug-likeness (QED) is 0.706. The zero-order valence-corrected chi connectivity index (χ0v) is 15.3. The Balaban J connectivity index is 2.38. The Bertz CT molecular complexity index is 543. The molecule has 2 rings (SSSR count). The number of ether oxygens (including phenoxy) is 2. The maximum atomic E-state index is 12.0. The topological polar surface area (TPSA) is 52.6 Å². The van der Waals surface area contributed by atoms with Crippen molar-refractivity contribution in [1.29, 1.82) is 0 Å². The number of carbonyl (C=O) groups excluding carboxylic acids is 2. The van der Waals surface area contributed by atoms with E-state index >= 15 is 0 Å². The molecular formula is C14H18O4S3. The number of hydrogen-bond acceptors (Lipinski definition) is 7. The second-order valence-electron chi connectivity index (χ2n) is 5.46. The predicted molar refractivity (Wildman–Crippen MR) is 88.7 cm³/mol. The summed E-state index contributed by atoms with van der Waals surface area (Å²) in [4.78, 5) is 25.9. The van der Waals surface area contributed by atoms with Gasteiger partial charge in [0.1, 0.15) is 13.2 Å². The van der Waals surface area contributed by atoms with E-state index in [1.807, 2.05) is 0 Å². The van der Waals surface area contributed by atoms with Crippen molar-refractivity contribution in [3.8, 4) is 0 Å². The lowest BCUT2D eigenvalue weighted by atomic mass is 9.91. The standard InChI is InChI=1S/C14H18O4S3/c1-7(2)10-13(3,4)14(21-10)19-8(11(15)17-5)9(20-14)12(16)18-6/h1-6H3. The third kappa shape index (κ3) is 2.43. The molecule has 0 aliphatic carbocycles. The Morgan fingerprint density at radius 3 is 1.62 bits per heavy atom. The first-order valence-corrected chi connectivity index (χ1v) is 8.81. The summed E-state index contributed by atoms with van der Waals surface area (Å²) in [5, 5.41) is 0. The molecule has 0 aromatic carbocycles. The maximum Gasteiger partial charge on any atom is 0.345 e. The van der Waals surface area contributed by atoms with Crippen molar-refractivity contribution in [3.63, 3.8) is 0 Å². The Labute approximate surface area is 137 Å². The van der Waals surface area contributed by atoms with E-state index in [1.54, 1.807) is 11.8 Å². The largest absolute Gasteiger partial charge is 0.465 e. The fourth-order valence-electron chi connectivity index (χ4n) is 2.34. The molecule has 0 aromatic heterocycles. The zero-order chi connectivity index (χ0) is 16.0. The summed E-state index contributed by atoms with van der Waals surface area (Å²) >= 11 is 4.53. The summed E-state index contributed by atoms with van der Waals surface area (Å²) in [6, 6.07) is 0. The molecule has 0 aromatic rings. The summed E-state index contributed by atoms with van der Waals surface area (Å²) < 4.78 is 9.29. The van der Waals surface area contributed by atoms with Crippen LogP contribution in [0.2, 0.25) is 0 Å². The summed E-state index contributed by atoms with van der Waals surface area (Å²) in [7, 11) is 2.64. The fraction of sp³-hybridized carbons (Fsp3) is 0.571. The Hall–Kier alpha value is -0.530. The van der Waals surface area contributed by atoms with Crippen LogP contribution in [0.4, 0.5) is 0 Å². The van der Waals surface area contributed by atoms with Crippen LogP contribution in [-0.4, -0.2) is 29.6 Å². The molecule has 1 spiro atoms. The van der Waals surface area contributed by atoms with Crippen molar-refractivity contribution in [1.82, 2.24) is 0 Å². The maximum absolute atomic E-state index is 12.0. The summed E-state index contributed by atoms with van der Waals surface area (Å²) in [5.41, 5.74) is 1.14. The molecule has 0 amide bonds. The van der Waals surface area contributed by atoms with Crippen LogP contribution < -0.4 is 0 Å². The van der Waals surface area contributed by atoms with E-state index < -0.39 is 11.9 Å². The van der Waals surface area contributed by atoms with Gasteiger partial charge in [-0.25, -0.2) is 9.59 Å². The van der Waals surface area contributed by atoms with Gasteiger partial charge in [0.15, 0.2) is 0 Å². The van der Waals surface area contributed by atoms with Crippen molar-refractivity contribution in [2.24, 2.45) is 5.41 Å². The second-order valence-corrected chi connectivity index (χ2v) is 9.91. The second kappa shape index (κ2) is 5.59. The highest BCUT2D eigenvalue weighted by Gasteiger charge is 2.64. The Morgan fingerprint density at radius 2 is 1.33 bits per heavy atom. The third-order valence-electron chi connectivity index (χ3n) is 3.44. The average Bonchev–Trinajstić information content (AvgIpc) is 2.85. The highest BCUT2D eigenvalue weighted by atomic mass is 32.3. The third-order valence-corrected chi connectivity index (χ3v) is 9.68. The van der Waals surface area contributed by atoms with E-state index in [9.17, 15) is 9.59 Å². The van der Waals surface area contributed by atoms with Gasteiger partial charge in [0.25, 0.3) is 0 Å². The van der Waals surface area contributed by atoms with Crippen molar-refractivity contribution in [2.45, 2.75) is 31.1 Å². The summed E-state index contributed by atoms with van der Waals surface area (Å²) in [6.45, 7) is 8.44. The normalized spacial score (nSPS) is 22.1. The van der Waals surface area contributed by atoms with E-state index in [1.165, 1.54) is 48.2 Å². The van der Waals surface area contributed by atoms with Crippen LogP contribution in [0.5, 0.6) is 0 Å². The number of hydrogen-bond donors (Lipinski definition) is 0. The molecule has 0 bridgehead atoms. The van der Waals surface area contributed by atoms with Crippen LogP contribution in [0.3, 0.4) is 0 Å². The van der Waals surface area contributed by atoms with E-state index in [0.717, 1.165) is 0 Å². The van der Waals surface area contributed by atoms with E-state index in [4.69, 9.17) is 9.47 Å². The van der Waals surface area contributed by atoms with Gasteiger partial charge in [-0.05, 0) is 18.8 Å². The van der Waals surface area contributed by atoms with Gasteiger partial charge in [-0.15, -0.1) is 0 Å². The van der Waals surface area contributed by atoms with Crippen molar-refractivity contribution >= 4 is 47.2 Å². The highest BCUT2D eigenvalue weighted by Crippen LogP contribution is 2.79. The van der Waals surface area contributed by atoms with Crippen LogP contribution in [0.1, 0.15) is 27.7 Å². The van der Waals surface area contributed by atoms with Crippen LogP contribution in [0, 0.1) is 5.41 Å². The smallest absolute Gasteiger partial charge is 0.345 e. The molecule has 0 atom stereocenters. The first kappa shape index (κ1) is 16.8. The monoisotopic (exact) mass is 346 g/mol. The lowest BCUT2D eigenvalue weighted by molar-refractivity contribution is -0.138. The van der Waals surface area contributed by atoms with Crippen LogP contribution >= 0.6 is 35.3 Å². The summed E-state index contributed by atoms with van der Waals surface area (Å²) in [6.07, 6.45) is 0. The zero-order valence-electron chi connectivity index (χ0n) is 12.9. The van der Waals surface area contributed by atoms with E-state index in [-0.39, 0.29) is 8.83 Å². The summed E-state index contributed by atoms with van der Waals surface area (Å²) in [5.74, 6) is -0.960. The average molecular weight is 346 g/mol. The first-order valence-electron chi connectivity index (χ1n) is 6.36. The fourth-order valence-corrected chi connectivity index (χ4v) is 7.74. The van der Waals surface area contributed by atoms with Gasteiger partial charge in [-0.1, -0.05) is 54.7 Å². The first-order chi connectivity index (χ1) is 9.70. The number of methoxy groups -OCH3 is 2. The lowest BCUT2D eigenvalue weighted by Crippen LogP contribution is -2.45. The van der Waals surface area contributed by atoms with Gasteiger partial charge in [0.05, 0.1) is 14.2 Å². The van der Waals surface area contributed by atoms with Gasteiger partial charge in [-0.2, -0.15) is 0 Å². The van der Waals surface area contributed by atoms with Crippen molar-refractivity contribution in [3.05, 3.63) is 20.3 Å². The molecule has 4 nitrogen and oxygen atoms in total. The lowest BCUT2D eigenvalue weighted by Gasteiger charge is -2.54. The molecule has 7 heteroatoms. The van der Waals surface area contributed by atoms with E-state index in [2.05, 4.69) is 27.7 Å². The molecular weight excluding hydrogens is 328 g/mol. The molecule has 2 aliphatic heterocycles. The van der Waals surface area contributed by atoms with Crippen molar-refractivity contribution in [2.75, 3.05) is 14.2 Å². The molecule has 0 N–H and O–H groups in total. The number of esters is 2. The molecule has 2 heterocycles. The number of carbonyl (C=O) groups is 2. The van der Waals surface area contributed by atoms with Gasteiger partial charge in [0, 0.05) is 5.41 Å². The van der Waals surface area contributed by atoms with Gasteiger partial charge in [-0.3, -0.25) is 0 Å². The predicted octanol–water partition coefficient (Wildman–Crippen LogP) is 3.74. The molecule has 0 radical (unpaired) electrons. The molecule has 21 heavy (non-hydrogen) atoms. The van der Waals surface area contributed by atoms with Gasteiger partial charge >= 0.3 is 11.9 Å². The van der Waals surface area contributed by atoms with Crippen LogP contribution in [0.15, 0.2) is 20.3 Å². The SMILES string of the molecule is COC(=O)C1=C(C(=O)OC)SC2(S1)SC(=C(C)C)C2(C)C. The van der Waals surface area contributed by atoms with Crippen LogP contribution in [0.25, 0.3) is 0 Å². The number of rotatable bonds is 2. The van der Waals surface area contributed by atoms with Crippen LogP contribution in [-0.2, 0) is 19.1 Å². The molecule has 1 fully saturated rings. The Kier molecular flexibility index (Phi) is 4.48. The minimum Gasteiger partial charge on any atom is -0.465 e. The minimum absolute atomic E-state index is 0.124. The van der Waals surface area contributed by atoms with E-state index in [0.29, 0.717) is 9.81 Å². The Morgan fingerprint density at radius 1 is 0.905 bits per heavy atom. The van der Waals surface area contributed by atoms with Crippen molar-refractivity contribution < 1.29 is 19.1 Å². The molecule has 116 valence electrons. The number of allylic oxidation sites excluding steroid dienone is 2. The number of thioether (sulfide) groups is 3. The molecule has 2 aliphatic rings. The van der Waals surface area contributed by atoms with Gasteiger partial charge in [0.2, 0.25) is 0 Å². The molecule has 0 saturated carbocycles. The highest BCUT2D eigenvalue weighted by molar-refractivity contribution is 8.40. The minimum atomic E-state index is -0.480. The molecule has 1 saturated heterocycles. The molecule has 0 unspecified atom stereocenters. The van der Waals surface area contributed by atoms with Gasteiger partial charge < -0.3 is 9.47 Å².